The molecule has 1 heterocycles. The van der Waals surface area contributed by atoms with Crippen molar-refractivity contribution in [2.24, 2.45) is 5.73 Å². The summed E-state index contributed by atoms with van der Waals surface area (Å²) in [4.78, 5) is 0. The average Bonchev–Trinajstić information content (AvgIpc) is 2.20. The van der Waals surface area contributed by atoms with Crippen LogP contribution < -0.4 is 5.73 Å². The van der Waals surface area contributed by atoms with Gasteiger partial charge in [-0.25, -0.2) is 0 Å². The molecule has 0 unspecified atom stereocenters. The van der Waals surface area contributed by atoms with Crippen LogP contribution in [0.4, 0.5) is 0 Å². The molecule has 1 aromatic heterocycles. The van der Waals surface area contributed by atoms with E-state index in [2.05, 4.69) is 24.0 Å². The van der Waals surface area contributed by atoms with Crippen LogP contribution >= 0.6 is 11.8 Å². The minimum atomic E-state index is 0.550. The highest BCUT2D eigenvalue weighted by molar-refractivity contribution is 7.99. The van der Waals surface area contributed by atoms with Gasteiger partial charge >= 0.3 is 0 Å². The summed E-state index contributed by atoms with van der Waals surface area (Å²) in [6.07, 6.45) is 1.14. The number of hydrogen-bond donors (Lipinski definition) is 1. The highest BCUT2D eigenvalue weighted by atomic mass is 32.2. The van der Waals surface area contributed by atoms with Crippen LogP contribution in [0.25, 0.3) is 0 Å². The first-order valence-electron chi connectivity index (χ1n) is 4.86. The lowest BCUT2D eigenvalue weighted by molar-refractivity contribution is 0.824. The van der Waals surface area contributed by atoms with Gasteiger partial charge in [0.15, 0.2) is 0 Å². The number of aryl methyl sites for hydroxylation is 1. The Morgan fingerprint density at radius 3 is 2.57 bits per heavy atom. The summed E-state index contributed by atoms with van der Waals surface area (Å²) < 4.78 is 0. The molecule has 0 aliphatic rings. The number of nitrogens with zero attached hydrogens (tertiary/aromatic N) is 2. The van der Waals surface area contributed by atoms with Crippen molar-refractivity contribution in [1.29, 1.82) is 0 Å². The molecule has 0 saturated heterocycles. The lowest BCUT2D eigenvalue weighted by Gasteiger charge is -2.09. The lowest BCUT2D eigenvalue weighted by atomic mass is 10.1. The van der Waals surface area contributed by atoms with E-state index in [0.29, 0.717) is 6.54 Å². The van der Waals surface area contributed by atoms with Gasteiger partial charge < -0.3 is 5.73 Å². The fraction of sp³-hybridized carbons (Fsp3) is 0.600. The normalized spacial score (nSPS) is 10.6. The SMILES string of the molecule is CCCSc1nnc(C)c(C)c1CN. The second-order valence-corrected chi connectivity index (χ2v) is 4.33. The Morgan fingerprint density at radius 2 is 2.00 bits per heavy atom. The van der Waals surface area contributed by atoms with Crippen molar-refractivity contribution in [3.05, 3.63) is 16.8 Å². The number of thioether (sulfide) groups is 1. The Bertz CT molecular complexity index is 312. The van der Waals surface area contributed by atoms with Crippen LogP contribution in [0.15, 0.2) is 5.03 Å². The highest BCUT2D eigenvalue weighted by Gasteiger charge is 2.09. The average molecular weight is 211 g/mol. The van der Waals surface area contributed by atoms with Gasteiger partial charge in [0.2, 0.25) is 0 Å². The second-order valence-electron chi connectivity index (χ2n) is 3.25. The predicted octanol–water partition coefficient (Wildman–Crippen LogP) is 2.05. The third-order valence-corrected chi connectivity index (χ3v) is 3.41. The Hall–Kier alpha value is -0.610. The first kappa shape index (κ1) is 11.5. The maximum Gasteiger partial charge on any atom is 0.124 e. The van der Waals surface area contributed by atoms with E-state index in [1.54, 1.807) is 11.8 Å². The minimum absolute atomic E-state index is 0.550. The summed E-state index contributed by atoms with van der Waals surface area (Å²) in [6, 6.07) is 0. The van der Waals surface area contributed by atoms with Crippen molar-refractivity contribution >= 4 is 11.8 Å². The standard InChI is InChI=1S/C10H17N3S/c1-4-5-14-10-9(6-11)7(2)8(3)12-13-10/h4-6,11H2,1-3H3. The van der Waals surface area contributed by atoms with Crippen LogP contribution in [0, 0.1) is 13.8 Å². The zero-order valence-electron chi connectivity index (χ0n) is 9.00. The summed E-state index contributed by atoms with van der Waals surface area (Å²) in [7, 11) is 0. The number of rotatable bonds is 4. The van der Waals surface area contributed by atoms with Gasteiger partial charge in [0.05, 0.1) is 5.69 Å². The molecule has 78 valence electrons. The highest BCUT2D eigenvalue weighted by Crippen LogP contribution is 2.23. The van der Waals surface area contributed by atoms with Crippen LogP contribution in [0.5, 0.6) is 0 Å². The van der Waals surface area contributed by atoms with E-state index in [0.717, 1.165) is 28.5 Å². The maximum atomic E-state index is 5.71. The molecule has 0 aromatic carbocycles. The summed E-state index contributed by atoms with van der Waals surface area (Å²) in [5.41, 5.74) is 9.02. The van der Waals surface area contributed by atoms with Crippen molar-refractivity contribution in [3.63, 3.8) is 0 Å². The molecule has 0 aliphatic carbocycles. The van der Waals surface area contributed by atoms with Gasteiger partial charge in [0, 0.05) is 12.1 Å². The largest absolute Gasteiger partial charge is 0.326 e. The molecule has 0 bridgehead atoms. The van der Waals surface area contributed by atoms with Gasteiger partial charge in [-0.2, -0.15) is 5.10 Å². The Morgan fingerprint density at radius 1 is 1.29 bits per heavy atom. The second kappa shape index (κ2) is 5.32. The molecule has 4 heteroatoms. The number of hydrogen-bond acceptors (Lipinski definition) is 4. The molecule has 0 amide bonds. The lowest BCUT2D eigenvalue weighted by Crippen LogP contribution is -2.07. The zero-order chi connectivity index (χ0) is 10.6. The molecule has 0 aliphatic heterocycles. The smallest absolute Gasteiger partial charge is 0.124 e. The molecule has 1 aromatic rings. The van der Waals surface area contributed by atoms with E-state index in [4.69, 9.17) is 5.73 Å². The molecule has 0 fully saturated rings. The van der Waals surface area contributed by atoms with Crippen LogP contribution in [-0.2, 0) is 6.54 Å². The Kier molecular flexibility index (Phi) is 4.35. The molecule has 2 N–H and O–H groups in total. The van der Waals surface area contributed by atoms with Crippen LogP contribution in [0.3, 0.4) is 0 Å². The first-order chi connectivity index (χ1) is 6.70. The molecule has 0 radical (unpaired) electrons. The van der Waals surface area contributed by atoms with E-state index in [-0.39, 0.29) is 0 Å². The molecule has 0 spiro atoms. The van der Waals surface area contributed by atoms with Gasteiger partial charge in [-0.1, -0.05) is 6.92 Å². The third kappa shape index (κ3) is 2.45. The van der Waals surface area contributed by atoms with Crippen molar-refractivity contribution in [1.82, 2.24) is 10.2 Å². The van der Waals surface area contributed by atoms with Gasteiger partial charge in [0.25, 0.3) is 0 Å². The summed E-state index contributed by atoms with van der Waals surface area (Å²) >= 11 is 1.74. The quantitative estimate of drug-likeness (QED) is 0.774. The molecule has 0 saturated carbocycles. The van der Waals surface area contributed by atoms with Crippen LogP contribution in [-0.4, -0.2) is 16.0 Å². The molecule has 14 heavy (non-hydrogen) atoms. The van der Waals surface area contributed by atoms with E-state index >= 15 is 0 Å². The van der Waals surface area contributed by atoms with Crippen LogP contribution in [0.1, 0.15) is 30.2 Å². The first-order valence-corrected chi connectivity index (χ1v) is 5.84. The fourth-order valence-electron chi connectivity index (χ4n) is 1.19. The van der Waals surface area contributed by atoms with E-state index in [9.17, 15) is 0 Å². The van der Waals surface area contributed by atoms with Crippen LogP contribution in [0.2, 0.25) is 0 Å². The zero-order valence-corrected chi connectivity index (χ0v) is 9.82. The Balaban J connectivity index is 2.98. The van der Waals surface area contributed by atoms with Gasteiger partial charge in [-0.05, 0) is 31.6 Å². The molecular weight excluding hydrogens is 194 g/mol. The van der Waals surface area contributed by atoms with Crippen molar-refractivity contribution in [3.8, 4) is 0 Å². The minimum Gasteiger partial charge on any atom is -0.326 e. The van der Waals surface area contributed by atoms with Gasteiger partial charge in [0.1, 0.15) is 5.03 Å². The summed E-state index contributed by atoms with van der Waals surface area (Å²) in [5.74, 6) is 1.07. The number of aromatic nitrogens is 2. The Labute approximate surface area is 89.5 Å². The summed E-state index contributed by atoms with van der Waals surface area (Å²) in [6.45, 7) is 6.73. The van der Waals surface area contributed by atoms with E-state index in [1.165, 1.54) is 5.56 Å². The van der Waals surface area contributed by atoms with E-state index < -0.39 is 0 Å². The fourth-order valence-corrected chi connectivity index (χ4v) is 2.10. The molecular formula is C10H17N3S. The van der Waals surface area contributed by atoms with Gasteiger partial charge in [-0.3, -0.25) is 0 Å². The molecule has 1 rings (SSSR count). The summed E-state index contributed by atoms with van der Waals surface area (Å²) in [5, 5.41) is 9.29. The van der Waals surface area contributed by atoms with E-state index in [1.807, 2.05) is 6.92 Å². The third-order valence-electron chi connectivity index (χ3n) is 2.19. The predicted molar refractivity (Wildman–Crippen MR) is 60.4 cm³/mol. The molecule has 3 nitrogen and oxygen atoms in total. The number of nitrogens with two attached hydrogens (primary N) is 1. The van der Waals surface area contributed by atoms with Crippen molar-refractivity contribution in [2.45, 2.75) is 38.8 Å². The van der Waals surface area contributed by atoms with Gasteiger partial charge in [-0.15, -0.1) is 16.9 Å². The maximum absolute atomic E-state index is 5.71. The van der Waals surface area contributed by atoms with Crippen molar-refractivity contribution in [2.75, 3.05) is 5.75 Å². The molecule has 0 atom stereocenters. The monoisotopic (exact) mass is 211 g/mol. The topological polar surface area (TPSA) is 51.8 Å². The van der Waals surface area contributed by atoms with Crippen molar-refractivity contribution < 1.29 is 0 Å².